The maximum absolute atomic E-state index is 13.9. The Balaban J connectivity index is 1.49. The maximum atomic E-state index is 13.9. The van der Waals surface area contributed by atoms with E-state index in [1.165, 1.54) is 35.5 Å². The first-order chi connectivity index (χ1) is 20.9. The van der Waals surface area contributed by atoms with Gasteiger partial charge in [0.1, 0.15) is 28.2 Å². The van der Waals surface area contributed by atoms with Gasteiger partial charge in [-0.2, -0.15) is 0 Å². The number of ether oxygens (including phenoxy) is 7. The van der Waals surface area contributed by atoms with Crippen LogP contribution in [-0.4, -0.2) is 58.7 Å². The van der Waals surface area contributed by atoms with Crippen molar-refractivity contribution in [1.82, 2.24) is 9.97 Å². The van der Waals surface area contributed by atoms with Crippen LogP contribution in [0.1, 0.15) is 12.1 Å². The molecule has 11 heteroatoms. The molecule has 0 aliphatic heterocycles. The molecule has 43 heavy (non-hydrogen) atoms. The second kappa shape index (κ2) is 12.8. The lowest BCUT2D eigenvalue weighted by atomic mass is 10.1. The van der Waals surface area contributed by atoms with Crippen molar-refractivity contribution in [1.29, 1.82) is 0 Å². The summed E-state index contributed by atoms with van der Waals surface area (Å²) < 4.78 is 45.7. The maximum Gasteiger partial charge on any atom is 0.239 e. The molecule has 11 nitrogen and oxygen atoms in total. The standard InChI is InChI=1S/C32H32N2O9/c1-18-32(34-22-11-8-7-10-21(22)33-18)42-13-9-12-41-31-28(35)27-23(37-3)16-20(36-2)17-24(27)43-29(31)19-14-25(38-4)30(40-6)26(15-19)39-5/h7-8,10-11,14-17H,9,12-13H2,1-6H3. The Hall–Kier alpha value is -5.19. The minimum absolute atomic E-state index is 0.00748. The van der Waals surface area contributed by atoms with Gasteiger partial charge in [-0.25, -0.2) is 9.97 Å². The van der Waals surface area contributed by atoms with Crippen molar-refractivity contribution >= 4 is 22.0 Å². The summed E-state index contributed by atoms with van der Waals surface area (Å²) in [5, 5.41) is 0.216. The van der Waals surface area contributed by atoms with E-state index in [4.69, 9.17) is 37.6 Å². The third kappa shape index (κ3) is 5.78. The molecule has 2 aromatic heterocycles. The summed E-state index contributed by atoms with van der Waals surface area (Å²) in [6.45, 7) is 2.27. The summed E-state index contributed by atoms with van der Waals surface area (Å²) in [7, 11) is 7.51. The average molecular weight is 589 g/mol. The molecule has 0 N–H and O–H groups in total. The smallest absolute Gasteiger partial charge is 0.239 e. The molecule has 5 aromatic rings. The molecule has 0 aliphatic rings. The van der Waals surface area contributed by atoms with Crippen molar-refractivity contribution in [3.63, 3.8) is 0 Å². The van der Waals surface area contributed by atoms with E-state index in [-0.39, 0.29) is 41.4 Å². The highest BCUT2D eigenvalue weighted by Crippen LogP contribution is 2.44. The fraction of sp³-hybridized carbons (Fsp3) is 0.281. The number of para-hydroxylation sites is 2. The molecule has 3 aromatic carbocycles. The van der Waals surface area contributed by atoms with Gasteiger partial charge >= 0.3 is 0 Å². The van der Waals surface area contributed by atoms with Gasteiger partial charge in [-0.1, -0.05) is 12.1 Å². The van der Waals surface area contributed by atoms with Gasteiger partial charge in [0.2, 0.25) is 22.8 Å². The van der Waals surface area contributed by atoms with Gasteiger partial charge in [0.15, 0.2) is 17.3 Å². The first-order valence-electron chi connectivity index (χ1n) is 13.4. The number of benzene rings is 3. The zero-order valence-corrected chi connectivity index (χ0v) is 24.8. The van der Waals surface area contributed by atoms with E-state index in [9.17, 15) is 4.79 Å². The van der Waals surface area contributed by atoms with E-state index in [0.29, 0.717) is 46.6 Å². The van der Waals surface area contributed by atoms with E-state index in [1.807, 2.05) is 31.2 Å². The molecule has 0 unspecified atom stereocenters. The molecule has 5 rings (SSSR count). The van der Waals surface area contributed by atoms with Gasteiger partial charge in [-0.3, -0.25) is 4.79 Å². The highest BCUT2D eigenvalue weighted by molar-refractivity contribution is 5.89. The Kier molecular flexibility index (Phi) is 8.70. The van der Waals surface area contributed by atoms with Crippen LogP contribution in [0, 0.1) is 6.92 Å². The Morgan fingerprint density at radius 2 is 1.37 bits per heavy atom. The van der Waals surface area contributed by atoms with Crippen molar-refractivity contribution in [2.45, 2.75) is 13.3 Å². The molecule has 2 heterocycles. The molecule has 0 spiro atoms. The van der Waals surface area contributed by atoms with Crippen LogP contribution < -0.4 is 38.6 Å². The number of hydrogen-bond acceptors (Lipinski definition) is 11. The van der Waals surface area contributed by atoms with Gasteiger partial charge in [0.05, 0.1) is 59.8 Å². The zero-order chi connectivity index (χ0) is 30.5. The SMILES string of the molecule is COc1cc(OC)c2c(=O)c(OCCCOc3nc4ccccc4nc3C)c(-c3cc(OC)c(OC)c(OC)c3)oc2c1. The Bertz CT molecular complexity index is 1810. The molecule has 0 bridgehead atoms. The molecule has 0 amide bonds. The number of aryl methyl sites for hydroxylation is 1. The van der Waals surface area contributed by atoms with Gasteiger partial charge in [-0.05, 0) is 31.2 Å². The Morgan fingerprint density at radius 1 is 0.721 bits per heavy atom. The topological polar surface area (TPSA) is 121 Å². The van der Waals surface area contributed by atoms with Crippen LogP contribution in [0.15, 0.2) is 57.7 Å². The lowest BCUT2D eigenvalue weighted by Crippen LogP contribution is -2.14. The summed E-state index contributed by atoms with van der Waals surface area (Å²) in [5.41, 5.74) is 2.54. The van der Waals surface area contributed by atoms with E-state index < -0.39 is 5.43 Å². The average Bonchev–Trinajstić information content (AvgIpc) is 3.03. The normalized spacial score (nSPS) is 10.9. The number of fused-ring (bicyclic) bond motifs is 2. The molecule has 224 valence electrons. The van der Waals surface area contributed by atoms with Crippen LogP contribution in [0.25, 0.3) is 33.3 Å². The Morgan fingerprint density at radius 3 is 2.00 bits per heavy atom. The summed E-state index contributed by atoms with van der Waals surface area (Å²) >= 11 is 0. The van der Waals surface area contributed by atoms with Crippen LogP contribution >= 0.6 is 0 Å². The van der Waals surface area contributed by atoms with E-state index >= 15 is 0 Å². The zero-order valence-electron chi connectivity index (χ0n) is 24.8. The van der Waals surface area contributed by atoms with E-state index in [1.54, 1.807) is 24.3 Å². The molecule has 0 fully saturated rings. The molecule has 0 radical (unpaired) electrons. The van der Waals surface area contributed by atoms with E-state index in [0.717, 1.165) is 11.0 Å². The second-order valence-corrected chi connectivity index (χ2v) is 9.36. The highest BCUT2D eigenvalue weighted by Gasteiger charge is 2.24. The van der Waals surface area contributed by atoms with Crippen LogP contribution in [0.2, 0.25) is 0 Å². The number of hydrogen-bond donors (Lipinski definition) is 0. The highest BCUT2D eigenvalue weighted by atomic mass is 16.5. The molecular weight excluding hydrogens is 556 g/mol. The third-order valence-electron chi connectivity index (χ3n) is 6.75. The fourth-order valence-electron chi connectivity index (χ4n) is 4.67. The molecular formula is C32H32N2O9. The van der Waals surface area contributed by atoms with Gasteiger partial charge < -0.3 is 37.6 Å². The van der Waals surface area contributed by atoms with Gasteiger partial charge in [-0.15, -0.1) is 0 Å². The van der Waals surface area contributed by atoms with Gasteiger partial charge in [0, 0.05) is 24.1 Å². The van der Waals surface area contributed by atoms with Crippen LogP contribution in [0.3, 0.4) is 0 Å². The van der Waals surface area contributed by atoms with Crippen molar-refractivity contribution in [2.75, 3.05) is 48.8 Å². The molecule has 0 aliphatic carbocycles. The summed E-state index contributed by atoms with van der Waals surface area (Å²) in [6, 6.07) is 14.2. The lowest BCUT2D eigenvalue weighted by molar-refractivity contribution is 0.238. The second-order valence-electron chi connectivity index (χ2n) is 9.36. The predicted octanol–water partition coefficient (Wildman–Crippen LogP) is 5.60. The Labute approximate surface area is 247 Å². The first-order valence-corrected chi connectivity index (χ1v) is 13.4. The van der Waals surface area contributed by atoms with Crippen LogP contribution in [0.4, 0.5) is 0 Å². The van der Waals surface area contributed by atoms with E-state index in [2.05, 4.69) is 9.97 Å². The van der Waals surface area contributed by atoms with Crippen LogP contribution in [-0.2, 0) is 0 Å². The number of methoxy groups -OCH3 is 5. The quantitative estimate of drug-likeness (QED) is 0.169. The van der Waals surface area contributed by atoms with Crippen molar-refractivity contribution in [3.8, 4) is 51.7 Å². The third-order valence-corrected chi connectivity index (χ3v) is 6.75. The predicted molar refractivity (Wildman–Crippen MR) is 161 cm³/mol. The minimum atomic E-state index is -0.415. The fourth-order valence-corrected chi connectivity index (χ4v) is 4.67. The molecule has 0 saturated heterocycles. The first kappa shape index (κ1) is 29.3. The summed E-state index contributed by atoms with van der Waals surface area (Å²) in [6.07, 6.45) is 0.444. The molecule has 0 atom stereocenters. The number of nitrogens with zero attached hydrogens (tertiary/aromatic N) is 2. The van der Waals surface area contributed by atoms with Gasteiger partial charge in [0.25, 0.3) is 0 Å². The monoisotopic (exact) mass is 588 g/mol. The number of aromatic nitrogens is 2. The van der Waals surface area contributed by atoms with Crippen molar-refractivity contribution < 1.29 is 37.6 Å². The summed E-state index contributed by atoms with van der Waals surface area (Å²) in [4.78, 5) is 23.1. The van der Waals surface area contributed by atoms with Crippen molar-refractivity contribution in [2.24, 2.45) is 0 Å². The van der Waals surface area contributed by atoms with Crippen molar-refractivity contribution in [3.05, 3.63) is 64.4 Å². The lowest BCUT2D eigenvalue weighted by Gasteiger charge is -2.17. The largest absolute Gasteiger partial charge is 0.496 e. The van der Waals surface area contributed by atoms with Crippen LogP contribution in [0.5, 0.6) is 40.4 Å². The minimum Gasteiger partial charge on any atom is -0.496 e. The molecule has 0 saturated carbocycles. The number of rotatable bonds is 12. The summed E-state index contributed by atoms with van der Waals surface area (Å²) in [5.74, 6) is 2.52.